The maximum Gasteiger partial charge on any atom is 0.242 e. The van der Waals surface area contributed by atoms with Gasteiger partial charge in [-0.1, -0.05) is 67.7 Å². The van der Waals surface area contributed by atoms with E-state index in [0.29, 0.717) is 35.1 Å². The first-order valence-corrected chi connectivity index (χ1v) is 14.7. The molecule has 2 rings (SSSR count). The van der Waals surface area contributed by atoms with E-state index in [1.165, 1.54) is 4.31 Å². The predicted molar refractivity (Wildman–Crippen MR) is 147 cm³/mol. The summed E-state index contributed by atoms with van der Waals surface area (Å²) in [6.45, 7) is 4.78. The van der Waals surface area contributed by atoms with Gasteiger partial charge in [-0.3, -0.25) is 13.9 Å². The number of halogens is 2. The number of para-hydroxylation sites is 1. The van der Waals surface area contributed by atoms with Crippen LogP contribution in [-0.2, 0) is 26.2 Å². The van der Waals surface area contributed by atoms with Crippen LogP contribution in [0.1, 0.15) is 51.5 Å². The Morgan fingerprint density at radius 1 is 1.00 bits per heavy atom. The van der Waals surface area contributed by atoms with E-state index in [1.807, 2.05) is 19.9 Å². The van der Waals surface area contributed by atoms with Crippen LogP contribution in [0.4, 0.5) is 5.69 Å². The first-order valence-electron chi connectivity index (χ1n) is 12.1. The van der Waals surface area contributed by atoms with Gasteiger partial charge in [0.15, 0.2) is 0 Å². The molecule has 0 radical (unpaired) electrons. The molecule has 0 aliphatic carbocycles. The minimum absolute atomic E-state index is 0.0823. The summed E-state index contributed by atoms with van der Waals surface area (Å²) in [6, 6.07) is 13.2. The maximum absolute atomic E-state index is 13.4. The number of nitrogens with one attached hydrogen (secondary N) is 1. The highest BCUT2D eigenvalue weighted by atomic mass is 35.5. The normalized spacial score (nSPS) is 12.1. The van der Waals surface area contributed by atoms with E-state index in [9.17, 15) is 18.0 Å². The zero-order chi connectivity index (χ0) is 26.7. The molecule has 0 fully saturated rings. The quantitative estimate of drug-likeness (QED) is 0.322. The molecule has 0 heterocycles. The molecule has 36 heavy (non-hydrogen) atoms. The van der Waals surface area contributed by atoms with Crippen molar-refractivity contribution in [2.75, 3.05) is 23.7 Å². The summed E-state index contributed by atoms with van der Waals surface area (Å²) in [7, 11) is -3.52. The number of carbonyl (C=O) groups excluding carboxylic acids is 2. The summed E-state index contributed by atoms with van der Waals surface area (Å²) in [6.07, 6.45) is 3.76. The summed E-state index contributed by atoms with van der Waals surface area (Å²) < 4.78 is 26.0. The average molecular weight is 557 g/mol. The second-order valence-electron chi connectivity index (χ2n) is 8.61. The Hall–Kier alpha value is -2.29. The molecule has 10 heteroatoms. The van der Waals surface area contributed by atoms with E-state index in [1.54, 1.807) is 47.4 Å². The Kier molecular flexibility index (Phi) is 12.0. The van der Waals surface area contributed by atoms with Gasteiger partial charge in [-0.05, 0) is 49.1 Å². The number of rotatable bonds is 14. The molecule has 2 aromatic rings. The molecule has 0 bridgehead atoms. The van der Waals surface area contributed by atoms with E-state index in [0.717, 1.165) is 24.7 Å². The number of anilines is 1. The number of amides is 2. The SMILES string of the molecule is CCCCNC(=O)[C@H](CC)N(Cc1ccc(Cl)c(Cl)c1)C(=O)CCCN(c1ccccc1)S(C)(=O)=O. The van der Waals surface area contributed by atoms with Crippen molar-refractivity contribution in [2.24, 2.45) is 0 Å². The van der Waals surface area contributed by atoms with Crippen LogP contribution in [0.25, 0.3) is 0 Å². The minimum Gasteiger partial charge on any atom is -0.354 e. The lowest BCUT2D eigenvalue weighted by molar-refractivity contribution is -0.141. The minimum atomic E-state index is -3.52. The van der Waals surface area contributed by atoms with Crippen LogP contribution in [0.15, 0.2) is 48.5 Å². The Labute approximate surface area is 224 Å². The first-order chi connectivity index (χ1) is 17.1. The molecule has 0 unspecified atom stereocenters. The Morgan fingerprint density at radius 3 is 2.28 bits per heavy atom. The molecule has 0 aliphatic heterocycles. The van der Waals surface area contributed by atoms with Crippen LogP contribution in [0.3, 0.4) is 0 Å². The number of carbonyl (C=O) groups is 2. The summed E-state index contributed by atoms with van der Waals surface area (Å²) >= 11 is 12.2. The number of hydrogen-bond acceptors (Lipinski definition) is 4. The van der Waals surface area contributed by atoms with Crippen LogP contribution < -0.4 is 9.62 Å². The van der Waals surface area contributed by atoms with Gasteiger partial charge in [0, 0.05) is 26.1 Å². The van der Waals surface area contributed by atoms with Crippen molar-refractivity contribution in [3.05, 3.63) is 64.1 Å². The Balaban J connectivity index is 2.20. The number of unbranched alkanes of at least 4 members (excludes halogenated alkanes) is 1. The van der Waals surface area contributed by atoms with Crippen molar-refractivity contribution in [2.45, 2.75) is 58.5 Å². The van der Waals surface area contributed by atoms with Gasteiger partial charge in [0.2, 0.25) is 21.8 Å². The monoisotopic (exact) mass is 555 g/mol. The summed E-state index contributed by atoms with van der Waals surface area (Å²) in [4.78, 5) is 27.9. The summed E-state index contributed by atoms with van der Waals surface area (Å²) in [5.41, 5.74) is 1.29. The largest absolute Gasteiger partial charge is 0.354 e. The Bertz CT molecular complexity index is 1110. The molecule has 2 aromatic carbocycles. The van der Waals surface area contributed by atoms with Gasteiger partial charge in [-0.25, -0.2) is 8.42 Å². The fourth-order valence-electron chi connectivity index (χ4n) is 3.86. The zero-order valence-electron chi connectivity index (χ0n) is 21.0. The lowest BCUT2D eigenvalue weighted by Crippen LogP contribution is -2.49. The summed E-state index contributed by atoms with van der Waals surface area (Å²) in [5, 5.41) is 3.70. The highest BCUT2D eigenvalue weighted by Crippen LogP contribution is 2.25. The molecule has 7 nitrogen and oxygen atoms in total. The lowest BCUT2D eigenvalue weighted by Gasteiger charge is -2.31. The molecule has 0 saturated carbocycles. The standard InChI is InChI=1S/C26H35Cl2N3O4S/c1-4-6-16-29-26(33)24(5-2)30(19-20-14-15-22(27)23(28)18-20)25(32)13-10-17-31(36(3,34)35)21-11-8-7-9-12-21/h7-9,11-12,14-15,18,24H,4-6,10,13,16-17,19H2,1-3H3,(H,29,33)/t24-/m0/s1. The van der Waals surface area contributed by atoms with Gasteiger partial charge in [-0.15, -0.1) is 0 Å². The molecular weight excluding hydrogens is 521 g/mol. The fourth-order valence-corrected chi connectivity index (χ4v) is 5.14. The third-order valence-electron chi connectivity index (χ3n) is 5.75. The van der Waals surface area contributed by atoms with E-state index in [-0.39, 0.29) is 31.3 Å². The molecule has 2 amide bonds. The third-order valence-corrected chi connectivity index (χ3v) is 7.68. The number of benzene rings is 2. The van der Waals surface area contributed by atoms with Crippen molar-refractivity contribution >= 4 is 50.7 Å². The molecule has 0 spiro atoms. The van der Waals surface area contributed by atoms with Crippen molar-refractivity contribution in [1.29, 1.82) is 0 Å². The topological polar surface area (TPSA) is 86.8 Å². The van der Waals surface area contributed by atoms with Crippen molar-refractivity contribution in [3.8, 4) is 0 Å². The lowest BCUT2D eigenvalue weighted by atomic mass is 10.1. The fraction of sp³-hybridized carbons (Fsp3) is 0.462. The van der Waals surface area contributed by atoms with E-state index in [2.05, 4.69) is 5.32 Å². The van der Waals surface area contributed by atoms with Crippen molar-refractivity contribution in [1.82, 2.24) is 10.2 Å². The van der Waals surface area contributed by atoms with Gasteiger partial charge >= 0.3 is 0 Å². The van der Waals surface area contributed by atoms with Gasteiger partial charge < -0.3 is 10.2 Å². The number of hydrogen-bond donors (Lipinski definition) is 1. The zero-order valence-corrected chi connectivity index (χ0v) is 23.4. The average Bonchev–Trinajstić information content (AvgIpc) is 2.83. The maximum atomic E-state index is 13.4. The molecular formula is C26H35Cl2N3O4S. The van der Waals surface area contributed by atoms with Crippen LogP contribution in [-0.4, -0.2) is 50.5 Å². The van der Waals surface area contributed by atoms with E-state index in [4.69, 9.17) is 23.2 Å². The Morgan fingerprint density at radius 2 is 1.69 bits per heavy atom. The van der Waals surface area contributed by atoms with E-state index < -0.39 is 16.1 Å². The molecule has 1 atom stereocenters. The smallest absolute Gasteiger partial charge is 0.242 e. The molecule has 198 valence electrons. The van der Waals surface area contributed by atoms with Crippen LogP contribution in [0.5, 0.6) is 0 Å². The highest BCUT2D eigenvalue weighted by molar-refractivity contribution is 7.92. The van der Waals surface area contributed by atoms with Gasteiger partial charge in [0.05, 0.1) is 22.0 Å². The van der Waals surface area contributed by atoms with Crippen molar-refractivity contribution < 1.29 is 18.0 Å². The predicted octanol–water partition coefficient (Wildman–Crippen LogP) is 5.26. The molecule has 0 aliphatic rings. The first kappa shape index (κ1) is 29.9. The van der Waals surface area contributed by atoms with Gasteiger partial charge in [-0.2, -0.15) is 0 Å². The molecule has 0 aromatic heterocycles. The number of sulfonamides is 1. The van der Waals surface area contributed by atoms with Crippen LogP contribution in [0, 0.1) is 0 Å². The van der Waals surface area contributed by atoms with Gasteiger partial charge in [0.1, 0.15) is 6.04 Å². The third kappa shape index (κ3) is 8.98. The molecule has 1 N–H and O–H groups in total. The highest BCUT2D eigenvalue weighted by Gasteiger charge is 2.29. The van der Waals surface area contributed by atoms with Crippen LogP contribution >= 0.6 is 23.2 Å². The van der Waals surface area contributed by atoms with E-state index >= 15 is 0 Å². The molecule has 0 saturated heterocycles. The number of nitrogens with zero attached hydrogens (tertiary/aromatic N) is 2. The van der Waals surface area contributed by atoms with Gasteiger partial charge in [0.25, 0.3) is 0 Å². The second-order valence-corrected chi connectivity index (χ2v) is 11.3. The van der Waals surface area contributed by atoms with Crippen LogP contribution in [0.2, 0.25) is 10.0 Å². The van der Waals surface area contributed by atoms with Crippen molar-refractivity contribution in [3.63, 3.8) is 0 Å². The summed E-state index contributed by atoms with van der Waals surface area (Å²) in [5.74, 6) is -0.443. The second kappa shape index (κ2) is 14.4.